The molecule has 2 unspecified atom stereocenters. The van der Waals surface area contributed by atoms with Gasteiger partial charge in [0, 0.05) is 18.5 Å². The predicted molar refractivity (Wildman–Crippen MR) is 78.7 cm³/mol. The van der Waals surface area contributed by atoms with Gasteiger partial charge >= 0.3 is 5.97 Å². The van der Waals surface area contributed by atoms with E-state index in [-0.39, 0.29) is 11.6 Å². The van der Waals surface area contributed by atoms with E-state index >= 15 is 0 Å². The summed E-state index contributed by atoms with van der Waals surface area (Å²) < 4.78 is 10.9. The largest absolute Gasteiger partial charge is 0.467 e. The van der Waals surface area contributed by atoms with E-state index < -0.39 is 5.54 Å². The van der Waals surface area contributed by atoms with E-state index in [2.05, 4.69) is 19.2 Å². The molecule has 0 radical (unpaired) electrons. The smallest absolute Gasteiger partial charge is 0.331 e. The molecule has 1 aromatic carbocycles. The van der Waals surface area contributed by atoms with Crippen molar-refractivity contribution in [3.8, 4) is 0 Å². The van der Waals surface area contributed by atoms with Crippen LogP contribution in [0.5, 0.6) is 0 Å². The molecule has 0 saturated carbocycles. The molecule has 1 fully saturated rings. The van der Waals surface area contributed by atoms with Gasteiger partial charge in [0.2, 0.25) is 0 Å². The lowest BCUT2D eigenvalue weighted by Crippen LogP contribution is -2.57. The van der Waals surface area contributed by atoms with Gasteiger partial charge in [0.15, 0.2) is 0 Å². The first-order chi connectivity index (χ1) is 9.53. The van der Waals surface area contributed by atoms with Crippen molar-refractivity contribution in [1.82, 2.24) is 0 Å². The minimum atomic E-state index is -0.709. The molecular formula is C16H23NO3. The van der Waals surface area contributed by atoms with Crippen molar-refractivity contribution in [1.29, 1.82) is 0 Å². The Morgan fingerprint density at radius 2 is 2.10 bits per heavy atom. The van der Waals surface area contributed by atoms with Crippen LogP contribution in [0.2, 0.25) is 0 Å². The second-order valence-electron chi connectivity index (χ2n) is 5.64. The van der Waals surface area contributed by atoms with E-state index in [4.69, 9.17) is 9.47 Å². The highest BCUT2D eigenvalue weighted by molar-refractivity contribution is 5.84. The monoisotopic (exact) mass is 277 g/mol. The van der Waals surface area contributed by atoms with Crippen molar-refractivity contribution in [2.45, 2.75) is 44.2 Å². The third-order valence-electron chi connectivity index (χ3n) is 4.14. The molecule has 2 rings (SSSR count). The van der Waals surface area contributed by atoms with Gasteiger partial charge in [-0.15, -0.1) is 0 Å². The third-order valence-corrected chi connectivity index (χ3v) is 4.14. The lowest BCUT2D eigenvalue weighted by atomic mass is 9.79. The number of anilines is 1. The summed E-state index contributed by atoms with van der Waals surface area (Å²) in [6.07, 6.45) is 2.09. The molecule has 0 amide bonds. The average molecular weight is 277 g/mol. The number of para-hydroxylation sites is 1. The third kappa shape index (κ3) is 2.96. The van der Waals surface area contributed by atoms with E-state index in [0.29, 0.717) is 19.4 Å². The molecule has 4 heteroatoms. The van der Waals surface area contributed by atoms with Crippen LogP contribution < -0.4 is 5.32 Å². The molecule has 1 N–H and O–H groups in total. The maximum Gasteiger partial charge on any atom is 0.331 e. The molecule has 0 aromatic heterocycles. The number of esters is 1. The van der Waals surface area contributed by atoms with Gasteiger partial charge in [0.05, 0.1) is 19.3 Å². The molecule has 1 aliphatic heterocycles. The zero-order valence-electron chi connectivity index (χ0n) is 12.4. The second kappa shape index (κ2) is 5.83. The normalized spacial score (nSPS) is 29.8. The van der Waals surface area contributed by atoms with Gasteiger partial charge in [-0.1, -0.05) is 25.1 Å². The number of rotatable bonds is 4. The summed E-state index contributed by atoms with van der Waals surface area (Å²) in [5.74, 6) is -0.218. The first kappa shape index (κ1) is 14.9. The number of hydrogen-bond acceptors (Lipinski definition) is 4. The highest BCUT2D eigenvalue weighted by Crippen LogP contribution is 2.37. The van der Waals surface area contributed by atoms with E-state index in [1.165, 1.54) is 7.11 Å². The van der Waals surface area contributed by atoms with Crippen LogP contribution in [0.1, 0.15) is 33.1 Å². The molecule has 1 aliphatic rings. The molecule has 20 heavy (non-hydrogen) atoms. The van der Waals surface area contributed by atoms with Gasteiger partial charge in [0.1, 0.15) is 5.54 Å². The first-order valence-electron chi connectivity index (χ1n) is 7.09. The first-order valence-corrected chi connectivity index (χ1v) is 7.09. The summed E-state index contributed by atoms with van der Waals surface area (Å²) in [7, 11) is 1.44. The quantitative estimate of drug-likeness (QED) is 0.859. The van der Waals surface area contributed by atoms with Gasteiger partial charge in [-0.25, -0.2) is 4.79 Å². The van der Waals surface area contributed by atoms with Crippen molar-refractivity contribution >= 4 is 11.7 Å². The molecule has 4 nitrogen and oxygen atoms in total. The van der Waals surface area contributed by atoms with Crippen LogP contribution in [0.4, 0.5) is 5.69 Å². The van der Waals surface area contributed by atoms with Crippen LogP contribution in [0.15, 0.2) is 30.3 Å². The van der Waals surface area contributed by atoms with Gasteiger partial charge in [-0.05, 0) is 25.5 Å². The van der Waals surface area contributed by atoms with Crippen LogP contribution in [-0.2, 0) is 14.3 Å². The fraction of sp³-hybridized carbons (Fsp3) is 0.562. The summed E-state index contributed by atoms with van der Waals surface area (Å²) in [6, 6.07) is 9.78. The van der Waals surface area contributed by atoms with E-state index in [1.807, 2.05) is 30.3 Å². The van der Waals surface area contributed by atoms with Crippen LogP contribution in [-0.4, -0.2) is 30.8 Å². The van der Waals surface area contributed by atoms with Crippen molar-refractivity contribution in [2.24, 2.45) is 0 Å². The predicted octanol–water partition coefficient (Wildman–Crippen LogP) is 2.99. The molecule has 0 bridgehead atoms. The number of nitrogens with one attached hydrogen (secondary N) is 1. The Bertz CT molecular complexity index is 462. The molecule has 1 saturated heterocycles. The Hall–Kier alpha value is -1.55. The highest BCUT2D eigenvalue weighted by atomic mass is 16.5. The number of ether oxygens (including phenoxy) is 2. The number of carbonyl (C=O) groups excluding carboxylic acids is 1. The van der Waals surface area contributed by atoms with Crippen LogP contribution in [0.3, 0.4) is 0 Å². The Kier molecular flexibility index (Phi) is 4.33. The van der Waals surface area contributed by atoms with Crippen molar-refractivity contribution < 1.29 is 14.3 Å². The maximum atomic E-state index is 12.4. The van der Waals surface area contributed by atoms with Crippen LogP contribution in [0.25, 0.3) is 0 Å². The van der Waals surface area contributed by atoms with Crippen LogP contribution >= 0.6 is 0 Å². The minimum Gasteiger partial charge on any atom is -0.467 e. The fourth-order valence-corrected chi connectivity index (χ4v) is 2.80. The number of hydrogen-bond donors (Lipinski definition) is 1. The topological polar surface area (TPSA) is 47.6 Å². The zero-order chi connectivity index (χ0) is 14.6. The van der Waals surface area contributed by atoms with Crippen molar-refractivity contribution in [2.75, 3.05) is 19.0 Å². The van der Waals surface area contributed by atoms with Crippen LogP contribution in [0, 0.1) is 0 Å². The molecule has 110 valence electrons. The molecule has 2 atom stereocenters. The Labute approximate surface area is 120 Å². The highest BCUT2D eigenvalue weighted by Gasteiger charge is 2.48. The summed E-state index contributed by atoms with van der Waals surface area (Å²) in [5.41, 5.74) is -0.0777. The Morgan fingerprint density at radius 3 is 2.70 bits per heavy atom. The Morgan fingerprint density at radius 1 is 1.40 bits per heavy atom. The summed E-state index contributed by atoms with van der Waals surface area (Å²) in [5, 5.41) is 3.38. The standard InChI is InChI=1S/C16H23NO3/c1-4-15(2)12-16(10-11-20-15,14(18)19-3)17-13-8-6-5-7-9-13/h5-9,17H,4,10-12H2,1-3H3. The number of benzene rings is 1. The SMILES string of the molecule is CCC1(C)CC(Nc2ccccc2)(C(=O)OC)CCO1. The van der Waals surface area contributed by atoms with Crippen molar-refractivity contribution in [3.05, 3.63) is 30.3 Å². The summed E-state index contributed by atoms with van der Waals surface area (Å²) >= 11 is 0. The van der Waals surface area contributed by atoms with Gasteiger partial charge < -0.3 is 14.8 Å². The molecule has 1 aromatic rings. The molecule has 0 aliphatic carbocycles. The summed E-state index contributed by atoms with van der Waals surface area (Å²) in [6.45, 7) is 4.69. The minimum absolute atomic E-state index is 0.218. The molecular weight excluding hydrogens is 254 g/mol. The summed E-state index contributed by atoms with van der Waals surface area (Å²) in [4.78, 5) is 12.4. The lowest BCUT2D eigenvalue weighted by Gasteiger charge is -2.45. The van der Waals surface area contributed by atoms with E-state index in [0.717, 1.165) is 12.1 Å². The molecule has 1 heterocycles. The van der Waals surface area contributed by atoms with E-state index in [1.54, 1.807) is 0 Å². The number of carbonyl (C=O) groups is 1. The van der Waals surface area contributed by atoms with Crippen molar-refractivity contribution in [3.63, 3.8) is 0 Å². The second-order valence-corrected chi connectivity index (χ2v) is 5.64. The van der Waals surface area contributed by atoms with Gasteiger partial charge in [-0.3, -0.25) is 0 Å². The maximum absolute atomic E-state index is 12.4. The number of methoxy groups -OCH3 is 1. The molecule has 0 spiro atoms. The lowest BCUT2D eigenvalue weighted by molar-refractivity contribution is -0.158. The van der Waals surface area contributed by atoms with E-state index in [9.17, 15) is 4.79 Å². The average Bonchev–Trinajstić information content (AvgIpc) is 2.47. The Balaban J connectivity index is 2.29. The zero-order valence-corrected chi connectivity index (χ0v) is 12.4. The van der Waals surface area contributed by atoms with Gasteiger partial charge in [-0.2, -0.15) is 0 Å². The van der Waals surface area contributed by atoms with Gasteiger partial charge in [0.25, 0.3) is 0 Å². The fourth-order valence-electron chi connectivity index (χ4n) is 2.80.